The van der Waals surface area contributed by atoms with E-state index in [1.165, 1.54) is 17.0 Å². The number of hydrogen-bond donors (Lipinski definition) is 1. The summed E-state index contributed by atoms with van der Waals surface area (Å²) in [6.45, 7) is 3.40. The molecule has 92 valence electrons. The van der Waals surface area contributed by atoms with Crippen molar-refractivity contribution in [2.75, 3.05) is 6.61 Å². The van der Waals surface area contributed by atoms with Gasteiger partial charge in [-0.05, 0) is 25.2 Å². The highest BCUT2D eigenvalue weighted by molar-refractivity contribution is 7.11. The lowest BCUT2D eigenvalue weighted by Gasteiger charge is -2.15. The fraction of sp³-hybridized carbons (Fsp3) is 0.667. The molecule has 0 radical (unpaired) electrons. The molecule has 1 aliphatic carbocycles. The van der Waals surface area contributed by atoms with Crippen molar-refractivity contribution in [3.05, 3.63) is 15.6 Å². The predicted molar refractivity (Wildman–Crippen MR) is 64.9 cm³/mol. The molecule has 0 bridgehead atoms. The van der Waals surface area contributed by atoms with Crippen molar-refractivity contribution >= 4 is 17.2 Å². The van der Waals surface area contributed by atoms with Crippen LogP contribution in [0.3, 0.4) is 0 Å². The highest BCUT2D eigenvalue weighted by atomic mass is 32.1. The lowest BCUT2D eigenvalue weighted by molar-refractivity contribution is -0.122. The lowest BCUT2D eigenvalue weighted by atomic mass is 9.93. The number of epoxide rings is 1. The fourth-order valence-electron chi connectivity index (χ4n) is 2.14. The number of amides is 1. The van der Waals surface area contributed by atoms with Crippen molar-refractivity contribution < 1.29 is 9.53 Å². The number of nitrogens with one attached hydrogen (secondary N) is 1. The number of rotatable bonds is 3. The van der Waals surface area contributed by atoms with Crippen LogP contribution in [-0.2, 0) is 28.9 Å². The van der Waals surface area contributed by atoms with Gasteiger partial charge in [-0.1, -0.05) is 6.92 Å². The zero-order valence-electron chi connectivity index (χ0n) is 9.86. The van der Waals surface area contributed by atoms with Crippen LogP contribution < -0.4 is 5.32 Å². The Morgan fingerprint density at radius 1 is 1.65 bits per heavy atom. The van der Waals surface area contributed by atoms with Crippen LogP contribution in [0, 0.1) is 5.92 Å². The summed E-state index contributed by atoms with van der Waals surface area (Å²) < 4.78 is 4.93. The summed E-state index contributed by atoms with van der Waals surface area (Å²) >= 11 is 1.75. The predicted octanol–water partition coefficient (Wildman–Crippen LogP) is 1.28. The van der Waals surface area contributed by atoms with Crippen LogP contribution in [0.25, 0.3) is 0 Å². The summed E-state index contributed by atoms with van der Waals surface area (Å²) in [4.78, 5) is 17.4. The number of thiazole rings is 1. The van der Waals surface area contributed by atoms with E-state index < -0.39 is 0 Å². The van der Waals surface area contributed by atoms with Gasteiger partial charge >= 0.3 is 0 Å². The van der Waals surface area contributed by atoms with Gasteiger partial charge in [0, 0.05) is 4.88 Å². The van der Waals surface area contributed by atoms with Crippen molar-refractivity contribution in [2.45, 2.75) is 38.8 Å². The Morgan fingerprint density at radius 2 is 2.47 bits per heavy atom. The summed E-state index contributed by atoms with van der Waals surface area (Å²) in [6.07, 6.45) is 3.27. The van der Waals surface area contributed by atoms with Gasteiger partial charge in [-0.3, -0.25) is 4.79 Å². The Balaban J connectivity index is 1.61. The highest BCUT2D eigenvalue weighted by Crippen LogP contribution is 2.29. The summed E-state index contributed by atoms with van der Waals surface area (Å²) in [5.74, 6) is 0.761. The van der Waals surface area contributed by atoms with Crippen molar-refractivity contribution in [1.29, 1.82) is 0 Å². The third-order valence-electron chi connectivity index (χ3n) is 3.27. The molecule has 1 amide bonds. The maximum absolute atomic E-state index is 11.4. The van der Waals surface area contributed by atoms with Gasteiger partial charge in [-0.25, -0.2) is 4.98 Å². The zero-order valence-corrected chi connectivity index (χ0v) is 10.7. The van der Waals surface area contributed by atoms with E-state index in [1.807, 2.05) is 0 Å². The molecule has 2 atom stereocenters. The van der Waals surface area contributed by atoms with E-state index in [4.69, 9.17) is 4.74 Å². The smallest absolute Gasteiger partial charge is 0.251 e. The van der Waals surface area contributed by atoms with Gasteiger partial charge < -0.3 is 10.1 Å². The second-order valence-electron chi connectivity index (χ2n) is 4.87. The number of aromatic nitrogens is 1. The molecule has 0 saturated carbocycles. The van der Waals surface area contributed by atoms with Crippen LogP contribution in [0.1, 0.15) is 28.9 Å². The normalized spacial score (nSPS) is 26.4. The molecule has 2 aliphatic rings. The van der Waals surface area contributed by atoms with Gasteiger partial charge in [0.2, 0.25) is 0 Å². The molecule has 2 heterocycles. The van der Waals surface area contributed by atoms with Crippen molar-refractivity contribution in [2.24, 2.45) is 5.92 Å². The SMILES string of the molecule is CC1CCc2nc(CNC(=O)C3CO3)sc2C1. The highest BCUT2D eigenvalue weighted by Gasteiger charge is 2.31. The molecule has 5 heteroatoms. The molecule has 17 heavy (non-hydrogen) atoms. The molecule has 1 aromatic rings. The summed E-state index contributed by atoms with van der Waals surface area (Å²) in [7, 11) is 0. The van der Waals surface area contributed by atoms with Crippen LogP contribution in [0.5, 0.6) is 0 Å². The first-order valence-corrected chi connectivity index (χ1v) is 6.91. The minimum Gasteiger partial charge on any atom is -0.363 e. The number of fused-ring (bicyclic) bond motifs is 1. The zero-order chi connectivity index (χ0) is 11.8. The van der Waals surface area contributed by atoms with Crippen molar-refractivity contribution in [3.63, 3.8) is 0 Å². The number of nitrogens with zero attached hydrogens (tertiary/aromatic N) is 1. The number of carbonyl (C=O) groups excluding carboxylic acids is 1. The van der Waals surface area contributed by atoms with Gasteiger partial charge in [0.15, 0.2) is 6.10 Å². The molecule has 4 nitrogen and oxygen atoms in total. The minimum absolute atomic E-state index is 0.00783. The first kappa shape index (κ1) is 11.2. The van der Waals surface area contributed by atoms with Gasteiger partial charge in [0.25, 0.3) is 5.91 Å². The fourth-order valence-corrected chi connectivity index (χ4v) is 3.36. The first-order valence-electron chi connectivity index (χ1n) is 6.09. The first-order chi connectivity index (χ1) is 8.22. The van der Waals surface area contributed by atoms with Crippen LogP contribution in [-0.4, -0.2) is 23.6 Å². The van der Waals surface area contributed by atoms with Crippen molar-refractivity contribution in [1.82, 2.24) is 10.3 Å². The molecule has 1 saturated heterocycles. The van der Waals surface area contributed by atoms with Gasteiger partial charge in [0.1, 0.15) is 5.01 Å². The van der Waals surface area contributed by atoms with E-state index >= 15 is 0 Å². The van der Waals surface area contributed by atoms with Crippen LogP contribution >= 0.6 is 11.3 Å². The van der Waals surface area contributed by atoms with E-state index in [-0.39, 0.29) is 12.0 Å². The van der Waals surface area contributed by atoms with Crippen LogP contribution in [0.4, 0.5) is 0 Å². The van der Waals surface area contributed by atoms with E-state index in [0.717, 1.165) is 23.8 Å². The van der Waals surface area contributed by atoms with Gasteiger partial charge in [-0.15, -0.1) is 11.3 Å². The van der Waals surface area contributed by atoms with E-state index in [0.29, 0.717) is 13.2 Å². The average molecular weight is 252 g/mol. The van der Waals surface area contributed by atoms with E-state index in [2.05, 4.69) is 17.2 Å². The summed E-state index contributed by atoms with van der Waals surface area (Å²) in [5.41, 5.74) is 1.25. The molecule has 1 fully saturated rings. The molecule has 1 aliphatic heterocycles. The second-order valence-corrected chi connectivity index (χ2v) is 6.03. The third kappa shape index (κ3) is 2.50. The topological polar surface area (TPSA) is 54.5 Å². The Hall–Kier alpha value is -0.940. The molecular weight excluding hydrogens is 236 g/mol. The Morgan fingerprint density at radius 3 is 3.24 bits per heavy atom. The molecule has 1 aromatic heterocycles. The summed E-state index contributed by atoms with van der Waals surface area (Å²) in [5, 5.41) is 3.89. The third-order valence-corrected chi connectivity index (χ3v) is 4.39. The number of ether oxygens (including phenoxy) is 1. The molecule has 2 unspecified atom stereocenters. The maximum atomic E-state index is 11.4. The van der Waals surface area contributed by atoms with Gasteiger partial charge in [-0.2, -0.15) is 0 Å². The number of aryl methyl sites for hydroxylation is 1. The molecular formula is C12H16N2O2S. The molecule has 3 rings (SSSR count). The quantitative estimate of drug-likeness (QED) is 0.825. The molecule has 1 N–H and O–H groups in total. The maximum Gasteiger partial charge on any atom is 0.251 e. The molecule has 0 aromatic carbocycles. The standard InChI is InChI=1S/C12H16N2O2S/c1-7-2-3-8-10(4-7)17-11(14-8)5-13-12(15)9-6-16-9/h7,9H,2-6H2,1H3,(H,13,15). The Kier molecular flexibility index (Phi) is 2.88. The van der Waals surface area contributed by atoms with E-state index in [1.54, 1.807) is 11.3 Å². The number of hydrogen-bond acceptors (Lipinski definition) is 4. The second kappa shape index (κ2) is 4.38. The van der Waals surface area contributed by atoms with Crippen molar-refractivity contribution in [3.8, 4) is 0 Å². The van der Waals surface area contributed by atoms with Crippen LogP contribution in [0.15, 0.2) is 0 Å². The Bertz CT molecular complexity index is 440. The lowest BCUT2D eigenvalue weighted by Crippen LogP contribution is -2.27. The average Bonchev–Trinajstić information content (AvgIpc) is 3.07. The largest absolute Gasteiger partial charge is 0.363 e. The molecule has 0 spiro atoms. The number of carbonyl (C=O) groups is 1. The monoisotopic (exact) mass is 252 g/mol. The minimum atomic E-state index is -0.204. The van der Waals surface area contributed by atoms with E-state index in [9.17, 15) is 4.79 Å². The summed E-state index contributed by atoms with van der Waals surface area (Å²) in [6, 6.07) is 0. The van der Waals surface area contributed by atoms with Crippen LogP contribution in [0.2, 0.25) is 0 Å². The Labute approximate surface area is 104 Å². The van der Waals surface area contributed by atoms with Gasteiger partial charge in [0.05, 0.1) is 18.8 Å².